The highest BCUT2D eigenvalue weighted by Crippen LogP contribution is 2.37. The van der Waals surface area contributed by atoms with E-state index in [0.717, 1.165) is 4.70 Å². The summed E-state index contributed by atoms with van der Waals surface area (Å²) in [5.74, 6) is -0.949. The largest absolute Gasteiger partial charge is 0.302 e. The molecular weight excluding hydrogens is 349 g/mol. The van der Waals surface area contributed by atoms with E-state index in [1.165, 1.54) is 17.4 Å². The van der Waals surface area contributed by atoms with E-state index in [1.807, 2.05) is 0 Å². The van der Waals surface area contributed by atoms with Gasteiger partial charge in [-0.25, -0.2) is 18.2 Å². The number of amides is 1. The zero-order chi connectivity index (χ0) is 17.6. The fraction of sp³-hybridized carbons (Fsp3) is 0.222. The Balaban J connectivity index is 1.66. The number of aromatic nitrogens is 1. The van der Waals surface area contributed by atoms with Crippen molar-refractivity contribution in [2.45, 2.75) is 19.0 Å². The van der Waals surface area contributed by atoms with Crippen LogP contribution in [0, 0.1) is 5.92 Å². The number of nitrogens with zero attached hydrogens (tertiary/aromatic N) is 1. The Morgan fingerprint density at radius 3 is 2.72 bits per heavy atom. The number of hydrogen-bond acceptors (Lipinski definition) is 3. The van der Waals surface area contributed by atoms with E-state index in [9.17, 15) is 18.0 Å². The molecule has 25 heavy (non-hydrogen) atoms. The summed E-state index contributed by atoms with van der Waals surface area (Å²) in [6.07, 6.45) is -3.37. The SMILES string of the molecule is O=C(Nc1nc2ccc(-c3ccccc3C(F)F)cc2s1)C1CC1F. The number of halogens is 3. The third kappa shape index (κ3) is 3.11. The van der Waals surface area contributed by atoms with Gasteiger partial charge in [-0.05, 0) is 29.7 Å². The predicted octanol–water partition coefficient (Wildman–Crippen LogP) is 5.20. The normalized spacial score (nSPS) is 19.4. The van der Waals surface area contributed by atoms with Gasteiger partial charge in [0.15, 0.2) is 5.13 Å². The van der Waals surface area contributed by atoms with Crippen LogP contribution in [0.4, 0.5) is 18.3 Å². The lowest BCUT2D eigenvalue weighted by atomic mass is 10.00. The number of alkyl halides is 3. The van der Waals surface area contributed by atoms with E-state index in [4.69, 9.17) is 0 Å². The fourth-order valence-corrected chi connectivity index (χ4v) is 3.64. The molecule has 1 fully saturated rings. The van der Waals surface area contributed by atoms with Crippen molar-refractivity contribution in [1.82, 2.24) is 4.98 Å². The molecule has 0 bridgehead atoms. The van der Waals surface area contributed by atoms with Crippen LogP contribution in [0.5, 0.6) is 0 Å². The van der Waals surface area contributed by atoms with Crippen LogP contribution in [0.2, 0.25) is 0 Å². The number of benzene rings is 2. The standard InChI is InChI=1S/C18H13F3N2OS/c19-13-8-12(13)17(24)23-18-22-14-6-5-9(7-15(14)25-18)10-3-1-2-4-11(10)16(20)21/h1-7,12-13,16H,8H2,(H,22,23,24). The number of fused-ring (bicyclic) bond motifs is 1. The van der Waals surface area contributed by atoms with Gasteiger partial charge in [0.2, 0.25) is 5.91 Å². The maximum atomic E-state index is 13.2. The minimum atomic E-state index is -2.56. The molecule has 1 aliphatic carbocycles. The number of rotatable bonds is 4. The molecule has 128 valence electrons. The monoisotopic (exact) mass is 362 g/mol. The summed E-state index contributed by atoms with van der Waals surface area (Å²) in [5, 5.41) is 3.01. The Morgan fingerprint density at radius 2 is 2.00 bits per heavy atom. The summed E-state index contributed by atoms with van der Waals surface area (Å²) in [5.41, 5.74) is 1.77. The lowest BCUT2D eigenvalue weighted by molar-refractivity contribution is -0.117. The summed E-state index contributed by atoms with van der Waals surface area (Å²) in [4.78, 5) is 16.1. The summed E-state index contributed by atoms with van der Waals surface area (Å²) in [6, 6.07) is 11.6. The first kappa shape index (κ1) is 16.1. The van der Waals surface area contributed by atoms with Crippen molar-refractivity contribution in [2.75, 3.05) is 5.32 Å². The summed E-state index contributed by atoms with van der Waals surface area (Å²) >= 11 is 1.24. The Hall–Kier alpha value is -2.41. The Labute approximate surface area is 145 Å². The van der Waals surface area contributed by atoms with Crippen LogP contribution in [-0.4, -0.2) is 17.1 Å². The molecule has 2 aromatic carbocycles. The average Bonchev–Trinajstić information content (AvgIpc) is 3.20. The van der Waals surface area contributed by atoms with Gasteiger partial charge in [-0.1, -0.05) is 41.7 Å². The number of hydrogen-bond donors (Lipinski definition) is 1. The molecule has 2 unspecified atom stereocenters. The molecule has 3 nitrogen and oxygen atoms in total. The van der Waals surface area contributed by atoms with Gasteiger partial charge in [0.1, 0.15) is 6.17 Å². The minimum absolute atomic E-state index is 0.0254. The quantitative estimate of drug-likeness (QED) is 0.693. The first-order valence-electron chi connectivity index (χ1n) is 7.76. The third-order valence-corrected chi connectivity index (χ3v) is 5.11. The lowest BCUT2D eigenvalue weighted by Gasteiger charge is -2.08. The van der Waals surface area contributed by atoms with Gasteiger partial charge < -0.3 is 5.32 Å². The second kappa shape index (κ2) is 6.15. The minimum Gasteiger partial charge on any atom is -0.302 e. The van der Waals surface area contributed by atoms with Crippen molar-refractivity contribution >= 4 is 32.6 Å². The zero-order valence-corrected chi connectivity index (χ0v) is 13.7. The summed E-state index contributed by atoms with van der Waals surface area (Å²) in [6.45, 7) is 0. The van der Waals surface area contributed by atoms with Crippen molar-refractivity contribution in [2.24, 2.45) is 5.92 Å². The van der Waals surface area contributed by atoms with Crippen LogP contribution in [-0.2, 0) is 4.79 Å². The second-order valence-electron chi connectivity index (χ2n) is 5.94. The molecule has 1 heterocycles. The van der Waals surface area contributed by atoms with Crippen LogP contribution in [0.1, 0.15) is 18.4 Å². The second-order valence-corrected chi connectivity index (χ2v) is 6.97. The van der Waals surface area contributed by atoms with E-state index in [1.54, 1.807) is 36.4 Å². The van der Waals surface area contributed by atoms with Gasteiger partial charge in [0.25, 0.3) is 6.43 Å². The molecule has 0 saturated heterocycles. The molecule has 1 amide bonds. The van der Waals surface area contributed by atoms with Gasteiger partial charge in [0, 0.05) is 5.56 Å². The number of carbonyl (C=O) groups is 1. The van der Waals surface area contributed by atoms with E-state index in [2.05, 4.69) is 10.3 Å². The Morgan fingerprint density at radius 1 is 1.24 bits per heavy atom. The molecule has 0 spiro atoms. The van der Waals surface area contributed by atoms with E-state index in [0.29, 0.717) is 21.8 Å². The highest BCUT2D eigenvalue weighted by Gasteiger charge is 2.43. The lowest BCUT2D eigenvalue weighted by Crippen LogP contribution is -2.14. The third-order valence-electron chi connectivity index (χ3n) is 4.17. The van der Waals surface area contributed by atoms with Crippen molar-refractivity contribution in [3.63, 3.8) is 0 Å². The molecule has 4 rings (SSSR count). The summed E-state index contributed by atoms with van der Waals surface area (Å²) in [7, 11) is 0. The van der Waals surface area contributed by atoms with Crippen molar-refractivity contribution in [3.05, 3.63) is 48.0 Å². The molecule has 0 aliphatic heterocycles. The summed E-state index contributed by atoms with van der Waals surface area (Å²) < 4.78 is 40.1. The van der Waals surface area contributed by atoms with E-state index >= 15 is 0 Å². The first-order valence-corrected chi connectivity index (χ1v) is 8.57. The molecule has 2 atom stereocenters. The molecule has 0 radical (unpaired) electrons. The molecule has 1 aliphatic rings. The highest BCUT2D eigenvalue weighted by atomic mass is 32.1. The molecular formula is C18H13F3N2OS. The van der Waals surface area contributed by atoms with Gasteiger partial charge in [-0.2, -0.15) is 0 Å². The number of carbonyl (C=O) groups excluding carboxylic acids is 1. The number of anilines is 1. The van der Waals surface area contributed by atoms with Crippen molar-refractivity contribution in [1.29, 1.82) is 0 Å². The van der Waals surface area contributed by atoms with Gasteiger partial charge >= 0.3 is 0 Å². The molecule has 1 saturated carbocycles. The van der Waals surface area contributed by atoms with Gasteiger partial charge in [-0.3, -0.25) is 4.79 Å². The zero-order valence-electron chi connectivity index (χ0n) is 12.9. The number of thiazole rings is 1. The average molecular weight is 362 g/mol. The van der Waals surface area contributed by atoms with Crippen LogP contribution < -0.4 is 5.32 Å². The fourth-order valence-electron chi connectivity index (χ4n) is 2.73. The van der Waals surface area contributed by atoms with E-state index < -0.39 is 18.5 Å². The van der Waals surface area contributed by atoms with E-state index in [-0.39, 0.29) is 17.9 Å². The maximum Gasteiger partial charge on any atom is 0.264 e. The van der Waals surface area contributed by atoms with Crippen molar-refractivity contribution < 1.29 is 18.0 Å². The Bertz CT molecular complexity index is 956. The van der Waals surface area contributed by atoms with Gasteiger partial charge in [0.05, 0.1) is 16.1 Å². The van der Waals surface area contributed by atoms with Crippen molar-refractivity contribution in [3.8, 4) is 11.1 Å². The maximum absolute atomic E-state index is 13.2. The molecule has 1 N–H and O–H groups in total. The highest BCUT2D eigenvalue weighted by molar-refractivity contribution is 7.22. The van der Waals surface area contributed by atoms with Crippen LogP contribution in [0.3, 0.4) is 0 Å². The topological polar surface area (TPSA) is 42.0 Å². The van der Waals surface area contributed by atoms with Crippen LogP contribution in [0.25, 0.3) is 21.3 Å². The predicted molar refractivity (Wildman–Crippen MR) is 91.6 cm³/mol. The van der Waals surface area contributed by atoms with Crippen LogP contribution in [0.15, 0.2) is 42.5 Å². The molecule has 3 aromatic rings. The Kier molecular flexibility index (Phi) is 3.95. The molecule has 1 aromatic heterocycles. The van der Waals surface area contributed by atoms with Gasteiger partial charge in [-0.15, -0.1) is 0 Å². The number of nitrogens with one attached hydrogen (secondary N) is 1. The molecule has 7 heteroatoms. The van der Waals surface area contributed by atoms with Crippen LogP contribution >= 0.6 is 11.3 Å². The smallest absolute Gasteiger partial charge is 0.264 e. The first-order chi connectivity index (χ1) is 12.0.